The predicted molar refractivity (Wildman–Crippen MR) is 194 cm³/mol. The fourth-order valence-corrected chi connectivity index (χ4v) is 7.13. The number of anilines is 2. The van der Waals surface area contributed by atoms with Gasteiger partial charge in [0.15, 0.2) is 35.1 Å². The number of aromatic nitrogens is 6. The number of imidazole rings is 2. The molecule has 4 aromatic rings. The molecule has 2 saturated heterocycles. The first-order valence-electron chi connectivity index (χ1n) is 17.8. The molecule has 10 unspecified atom stereocenters. The highest BCUT2D eigenvalue weighted by Gasteiger charge is 2.51. The van der Waals surface area contributed by atoms with Crippen LogP contribution < -0.4 is 11.5 Å². The number of nitrogens with zero attached hydrogens (tertiary/aromatic N) is 6. The highest BCUT2D eigenvalue weighted by Crippen LogP contribution is 2.40. The van der Waals surface area contributed by atoms with Gasteiger partial charge in [-0.2, -0.15) is 0 Å². The Kier molecular flexibility index (Phi) is 12.8. The molecule has 0 bridgehead atoms. The number of hydrogen-bond acceptors (Lipinski definition) is 18. The molecular formula is C35H48N8O13. The molecule has 0 aromatic carbocycles. The number of carboxylic acids is 1. The molecule has 0 amide bonds. The minimum absolute atomic E-state index is 0.0440. The highest BCUT2D eigenvalue weighted by molar-refractivity contribution is 5.86. The third-order valence-corrected chi connectivity index (χ3v) is 10.4. The van der Waals surface area contributed by atoms with E-state index in [4.69, 9.17) is 49.4 Å². The zero-order chi connectivity index (χ0) is 40.3. The molecule has 56 heavy (non-hydrogen) atoms. The second-order valence-electron chi connectivity index (χ2n) is 13.7. The molecule has 4 aromatic heterocycles. The third-order valence-electron chi connectivity index (χ3n) is 10.4. The van der Waals surface area contributed by atoms with E-state index in [0.717, 1.165) is 5.56 Å². The molecule has 21 heteroatoms. The molecular weight excluding hydrogens is 740 g/mol. The molecule has 0 radical (unpaired) electrons. The van der Waals surface area contributed by atoms with Crippen LogP contribution in [-0.4, -0.2) is 152 Å². The van der Waals surface area contributed by atoms with Crippen molar-refractivity contribution in [3.8, 4) is 0 Å². The lowest BCUT2D eigenvalue weighted by Gasteiger charge is -2.29. The molecule has 21 nitrogen and oxygen atoms in total. The summed E-state index contributed by atoms with van der Waals surface area (Å²) < 4.78 is 51.2. The van der Waals surface area contributed by atoms with Gasteiger partial charge in [-0.05, 0) is 38.3 Å². The SMILES string of the molecule is COC1C(COCC(OC2C(OC)C(CCC(C)(OC)C(=O)O)OC2n2cnc3c(N)c(C)cnc32)C(=O)CO)OC(n2cnc3c(N)ccnc32)C1OCO. The summed E-state index contributed by atoms with van der Waals surface area (Å²) in [5.74, 6) is -1.85. The van der Waals surface area contributed by atoms with Crippen LogP contribution in [0.2, 0.25) is 0 Å². The van der Waals surface area contributed by atoms with Gasteiger partial charge >= 0.3 is 5.97 Å². The summed E-state index contributed by atoms with van der Waals surface area (Å²) in [6.07, 6.45) is -1.93. The highest BCUT2D eigenvalue weighted by atomic mass is 16.7. The number of nitrogen functional groups attached to an aromatic ring is 2. The van der Waals surface area contributed by atoms with E-state index in [0.29, 0.717) is 33.7 Å². The summed E-state index contributed by atoms with van der Waals surface area (Å²) in [5.41, 5.74) is 14.1. The van der Waals surface area contributed by atoms with Crippen molar-refractivity contribution in [1.82, 2.24) is 29.1 Å². The Balaban J connectivity index is 1.24. The van der Waals surface area contributed by atoms with E-state index in [2.05, 4.69) is 19.9 Å². The van der Waals surface area contributed by atoms with Gasteiger partial charge in [0.05, 0.1) is 43.3 Å². The van der Waals surface area contributed by atoms with E-state index >= 15 is 0 Å². The normalized spacial score (nSPS) is 26.9. The van der Waals surface area contributed by atoms with Gasteiger partial charge in [-0.1, -0.05) is 0 Å². The van der Waals surface area contributed by atoms with E-state index in [1.54, 1.807) is 28.3 Å². The summed E-state index contributed by atoms with van der Waals surface area (Å²) in [7, 11) is 4.21. The number of aliphatic hydroxyl groups is 2. The lowest BCUT2D eigenvalue weighted by atomic mass is 9.95. The van der Waals surface area contributed by atoms with E-state index in [1.807, 2.05) is 0 Å². The Morgan fingerprint density at radius 1 is 0.929 bits per heavy atom. The summed E-state index contributed by atoms with van der Waals surface area (Å²) in [5, 5.41) is 29.6. The quantitative estimate of drug-likeness (QED) is 0.0788. The maximum absolute atomic E-state index is 13.3. The lowest BCUT2D eigenvalue weighted by Crippen LogP contribution is -2.44. The number of ether oxygens (including phenoxy) is 8. The smallest absolute Gasteiger partial charge is 0.335 e. The average Bonchev–Trinajstić information content (AvgIpc) is 3.98. The number of carbonyl (C=O) groups excluding carboxylic acids is 1. The Bertz CT molecular complexity index is 2000. The fourth-order valence-electron chi connectivity index (χ4n) is 7.13. The van der Waals surface area contributed by atoms with E-state index in [1.165, 1.54) is 47.1 Å². The van der Waals surface area contributed by atoms with Gasteiger partial charge in [0.1, 0.15) is 61.1 Å². The van der Waals surface area contributed by atoms with Crippen LogP contribution in [0, 0.1) is 6.92 Å². The summed E-state index contributed by atoms with van der Waals surface area (Å²) >= 11 is 0. The van der Waals surface area contributed by atoms with Crippen molar-refractivity contribution in [2.45, 2.75) is 87.5 Å². The van der Waals surface area contributed by atoms with Gasteiger partial charge in [-0.25, -0.2) is 24.7 Å². The van der Waals surface area contributed by atoms with E-state index in [9.17, 15) is 24.9 Å². The lowest BCUT2D eigenvalue weighted by molar-refractivity contribution is -0.162. The van der Waals surface area contributed by atoms with Gasteiger partial charge < -0.3 is 64.7 Å². The van der Waals surface area contributed by atoms with E-state index in [-0.39, 0.29) is 26.1 Å². The van der Waals surface area contributed by atoms with Gasteiger partial charge in [0.2, 0.25) is 0 Å². The molecule has 0 spiro atoms. The number of rotatable bonds is 19. The van der Waals surface area contributed by atoms with Crippen molar-refractivity contribution < 1.29 is 62.8 Å². The molecule has 0 aliphatic carbocycles. The standard InChI is InChI=1S/C35H48N8O13/c1-17-10-39-31-25(23(17)37)41-15-43(31)33-29(26(49-3)20(55-33)6-8-35(2,51-5)34(47)48)54-21(19(46)11-44)12-52-13-22-27(50-4)28(53-16-45)32(56-22)42-14-40-24-18(36)7-9-38-30(24)42/h7,9-10,14-15,20-22,26-29,32-33,44-45H,6,8,11-13,16H2,1-5H3,(H2,36,38)(H2,37,39)(H,47,48). The number of aliphatic carboxylic acids is 1. The molecule has 0 saturated carbocycles. The van der Waals surface area contributed by atoms with E-state index < -0.39 is 85.9 Å². The monoisotopic (exact) mass is 788 g/mol. The summed E-state index contributed by atoms with van der Waals surface area (Å²) in [6, 6.07) is 1.62. The Hall–Kier alpha value is -4.42. The number of hydrogen-bond donors (Lipinski definition) is 5. The van der Waals surface area contributed by atoms with Crippen molar-refractivity contribution in [3.05, 3.63) is 36.7 Å². The van der Waals surface area contributed by atoms with Gasteiger partial charge in [-0.3, -0.25) is 13.9 Å². The van der Waals surface area contributed by atoms with Crippen molar-refractivity contribution >= 4 is 45.5 Å². The minimum Gasteiger partial charge on any atom is -0.479 e. The number of aryl methyl sites for hydroxylation is 1. The van der Waals surface area contributed by atoms with Crippen LogP contribution in [-0.2, 0) is 47.5 Å². The van der Waals surface area contributed by atoms with Gasteiger partial charge in [-0.15, -0.1) is 0 Å². The van der Waals surface area contributed by atoms with Crippen molar-refractivity contribution in [3.63, 3.8) is 0 Å². The summed E-state index contributed by atoms with van der Waals surface area (Å²) in [4.78, 5) is 43.1. The second kappa shape index (κ2) is 17.4. The van der Waals surface area contributed by atoms with Crippen molar-refractivity contribution in [2.75, 3.05) is 59.4 Å². The fraction of sp³-hybridized carbons (Fsp3) is 0.600. The first-order valence-corrected chi connectivity index (χ1v) is 17.8. The maximum Gasteiger partial charge on any atom is 0.335 e. The van der Waals surface area contributed by atoms with Crippen molar-refractivity contribution in [1.29, 1.82) is 0 Å². The van der Waals surface area contributed by atoms with Crippen molar-refractivity contribution in [2.24, 2.45) is 0 Å². The largest absolute Gasteiger partial charge is 0.479 e. The van der Waals surface area contributed by atoms with Crippen LogP contribution in [0.1, 0.15) is 37.8 Å². The molecule has 2 aliphatic rings. The second-order valence-corrected chi connectivity index (χ2v) is 13.7. The van der Waals surface area contributed by atoms with Crippen LogP contribution in [0.4, 0.5) is 11.4 Å². The Morgan fingerprint density at radius 3 is 2.21 bits per heavy atom. The third kappa shape index (κ3) is 7.79. The maximum atomic E-state index is 13.3. The number of Topliss-reactive ketones (excluding diaryl/α,β-unsaturated/α-hetero) is 1. The van der Waals surface area contributed by atoms with Gasteiger partial charge in [0, 0.05) is 33.7 Å². The molecule has 2 fully saturated rings. The zero-order valence-electron chi connectivity index (χ0n) is 31.6. The van der Waals surface area contributed by atoms with Crippen LogP contribution >= 0.6 is 0 Å². The molecule has 306 valence electrons. The number of methoxy groups -OCH3 is 3. The molecule has 6 rings (SSSR count). The topological polar surface area (TPSA) is 282 Å². The number of carbonyl (C=O) groups is 2. The number of fused-ring (bicyclic) bond motifs is 2. The minimum atomic E-state index is -1.52. The summed E-state index contributed by atoms with van der Waals surface area (Å²) in [6.45, 7) is 1.26. The van der Waals surface area contributed by atoms with Gasteiger partial charge in [0.25, 0.3) is 0 Å². The van der Waals surface area contributed by atoms with Crippen LogP contribution in [0.5, 0.6) is 0 Å². The van der Waals surface area contributed by atoms with Crippen LogP contribution in [0.15, 0.2) is 31.1 Å². The first kappa shape index (κ1) is 41.2. The zero-order valence-corrected chi connectivity index (χ0v) is 31.6. The number of nitrogens with two attached hydrogens (primary N) is 2. The van der Waals surface area contributed by atoms with Crippen LogP contribution in [0.3, 0.4) is 0 Å². The Morgan fingerprint density at radius 2 is 1.57 bits per heavy atom. The molecule has 7 N–H and O–H groups in total. The van der Waals surface area contributed by atoms with Crippen LogP contribution in [0.25, 0.3) is 22.3 Å². The predicted octanol–water partition coefficient (Wildman–Crippen LogP) is 0.111. The average molecular weight is 789 g/mol. The molecule has 6 heterocycles. The Labute approximate surface area is 320 Å². The molecule has 10 atom stereocenters. The number of carboxylic acid groups (broad SMARTS) is 1. The first-order chi connectivity index (χ1) is 26.9. The number of pyridine rings is 2. The number of aliphatic hydroxyl groups excluding tert-OH is 2. The number of ketones is 1. The molecule has 2 aliphatic heterocycles.